The molecule has 2 aromatic rings. The highest BCUT2D eigenvalue weighted by atomic mass is 79.9. The molecule has 2 amide bonds. The molecule has 2 aliphatic rings. The summed E-state index contributed by atoms with van der Waals surface area (Å²) in [7, 11) is 0. The highest BCUT2D eigenvalue weighted by Crippen LogP contribution is 2.24. The van der Waals surface area contributed by atoms with Crippen molar-refractivity contribution in [1.82, 2.24) is 15.8 Å². The number of morpholine rings is 1. The van der Waals surface area contributed by atoms with Crippen LogP contribution in [0.15, 0.2) is 53.0 Å². The van der Waals surface area contributed by atoms with Crippen LogP contribution in [0.2, 0.25) is 0 Å². The van der Waals surface area contributed by atoms with Gasteiger partial charge >= 0.3 is 0 Å². The monoisotopic (exact) mass is 487 g/mol. The zero-order valence-electron chi connectivity index (χ0n) is 17.1. The molecule has 2 aliphatic heterocycles. The van der Waals surface area contributed by atoms with Crippen LogP contribution >= 0.6 is 15.9 Å². The largest absolute Gasteiger partial charge is 0.379 e. The predicted molar refractivity (Wildman–Crippen MR) is 123 cm³/mol. The Balaban J connectivity index is 1.25. The molecule has 0 spiro atoms. The summed E-state index contributed by atoms with van der Waals surface area (Å²) in [5, 5.41) is 5.82. The van der Waals surface area contributed by atoms with Gasteiger partial charge in [0.2, 0.25) is 11.8 Å². The van der Waals surface area contributed by atoms with Crippen molar-refractivity contribution in [2.75, 3.05) is 43.5 Å². The molecule has 2 saturated heterocycles. The molecule has 2 unspecified atom stereocenters. The van der Waals surface area contributed by atoms with Crippen LogP contribution in [-0.4, -0.2) is 55.6 Å². The number of hydrazine groups is 1. The lowest BCUT2D eigenvalue weighted by Gasteiger charge is -2.25. The SMILES string of the molecule is O=C(CN1CCOCC1)Nc1ccc(NC(=O)C2CC(c3ccc(Br)cc3)NN2)cc1. The number of carbonyl (C=O) groups excluding carboxylic acids is 2. The highest BCUT2D eigenvalue weighted by molar-refractivity contribution is 9.10. The maximum atomic E-state index is 12.6. The maximum absolute atomic E-state index is 12.6. The lowest BCUT2D eigenvalue weighted by atomic mass is 10.0. The Morgan fingerprint density at radius 1 is 0.968 bits per heavy atom. The Bertz CT molecular complexity index is 900. The van der Waals surface area contributed by atoms with Gasteiger partial charge in [-0.1, -0.05) is 28.1 Å². The summed E-state index contributed by atoms with van der Waals surface area (Å²) < 4.78 is 6.32. The van der Waals surface area contributed by atoms with Crippen LogP contribution in [0.5, 0.6) is 0 Å². The van der Waals surface area contributed by atoms with Gasteiger partial charge < -0.3 is 15.4 Å². The van der Waals surface area contributed by atoms with E-state index in [-0.39, 0.29) is 23.9 Å². The topological polar surface area (TPSA) is 94.7 Å². The van der Waals surface area contributed by atoms with Gasteiger partial charge in [0, 0.05) is 35.0 Å². The average Bonchev–Trinajstić information content (AvgIpc) is 3.27. The molecule has 2 atom stereocenters. The van der Waals surface area contributed by atoms with Gasteiger partial charge in [-0.25, -0.2) is 10.9 Å². The zero-order chi connectivity index (χ0) is 21.6. The molecule has 2 fully saturated rings. The van der Waals surface area contributed by atoms with Crippen molar-refractivity contribution in [2.24, 2.45) is 0 Å². The number of anilines is 2. The van der Waals surface area contributed by atoms with E-state index in [1.54, 1.807) is 24.3 Å². The van der Waals surface area contributed by atoms with Crippen molar-refractivity contribution >= 4 is 39.1 Å². The van der Waals surface area contributed by atoms with Crippen molar-refractivity contribution in [2.45, 2.75) is 18.5 Å². The van der Waals surface area contributed by atoms with E-state index < -0.39 is 0 Å². The number of carbonyl (C=O) groups is 2. The summed E-state index contributed by atoms with van der Waals surface area (Å²) in [5.74, 6) is -0.157. The molecule has 9 heteroatoms. The van der Waals surface area contributed by atoms with Crippen molar-refractivity contribution in [1.29, 1.82) is 0 Å². The molecular weight excluding hydrogens is 462 g/mol. The molecule has 0 radical (unpaired) electrons. The minimum Gasteiger partial charge on any atom is -0.379 e. The summed E-state index contributed by atoms with van der Waals surface area (Å²) in [6.45, 7) is 3.21. The molecule has 0 bridgehead atoms. The van der Waals surface area contributed by atoms with Crippen LogP contribution in [0.25, 0.3) is 0 Å². The smallest absolute Gasteiger partial charge is 0.242 e. The third kappa shape index (κ3) is 6.11. The number of halogens is 1. The second-order valence-electron chi connectivity index (χ2n) is 7.68. The van der Waals surface area contributed by atoms with Gasteiger partial charge in [-0.15, -0.1) is 0 Å². The van der Waals surface area contributed by atoms with Gasteiger partial charge in [-0.2, -0.15) is 0 Å². The third-order valence-corrected chi connectivity index (χ3v) is 5.93. The fourth-order valence-corrected chi connectivity index (χ4v) is 3.94. The van der Waals surface area contributed by atoms with Crippen LogP contribution in [0.1, 0.15) is 18.0 Å². The first-order valence-corrected chi connectivity index (χ1v) is 11.1. The minimum atomic E-state index is -0.332. The van der Waals surface area contributed by atoms with Crippen LogP contribution < -0.4 is 21.5 Å². The van der Waals surface area contributed by atoms with E-state index in [1.807, 2.05) is 24.3 Å². The molecular formula is C22H26BrN5O3. The lowest BCUT2D eigenvalue weighted by Crippen LogP contribution is -2.41. The summed E-state index contributed by atoms with van der Waals surface area (Å²) in [6, 6.07) is 15.0. The van der Waals surface area contributed by atoms with Gasteiger partial charge in [0.1, 0.15) is 6.04 Å². The molecule has 2 heterocycles. The molecule has 4 rings (SSSR count). The summed E-state index contributed by atoms with van der Waals surface area (Å²) >= 11 is 3.44. The number of nitrogens with zero attached hydrogens (tertiary/aromatic N) is 1. The molecule has 0 aliphatic carbocycles. The Morgan fingerprint density at radius 3 is 2.29 bits per heavy atom. The second-order valence-corrected chi connectivity index (χ2v) is 8.60. The van der Waals surface area contributed by atoms with E-state index in [4.69, 9.17) is 4.74 Å². The fourth-order valence-electron chi connectivity index (χ4n) is 3.67. The van der Waals surface area contributed by atoms with Crippen LogP contribution in [-0.2, 0) is 14.3 Å². The van der Waals surface area contributed by atoms with Crippen LogP contribution in [0.3, 0.4) is 0 Å². The molecule has 164 valence electrons. The molecule has 0 aromatic heterocycles. The molecule has 8 nitrogen and oxygen atoms in total. The van der Waals surface area contributed by atoms with E-state index in [9.17, 15) is 9.59 Å². The van der Waals surface area contributed by atoms with Crippen molar-refractivity contribution in [3.63, 3.8) is 0 Å². The molecule has 2 aromatic carbocycles. The van der Waals surface area contributed by atoms with E-state index in [0.29, 0.717) is 37.6 Å². The van der Waals surface area contributed by atoms with E-state index in [0.717, 1.165) is 23.1 Å². The second kappa shape index (κ2) is 10.3. The Labute approximate surface area is 189 Å². The van der Waals surface area contributed by atoms with Crippen LogP contribution in [0.4, 0.5) is 11.4 Å². The number of nitrogens with one attached hydrogen (secondary N) is 4. The Hall–Kier alpha value is -2.30. The molecule has 4 N–H and O–H groups in total. The van der Waals surface area contributed by atoms with Crippen molar-refractivity contribution in [3.05, 3.63) is 58.6 Å². The van der Waals surface area contributed by atoms with Gasteiger partial charge in [0.15, 0.2) is 0 Å². The Morgan fingerprint density at radius 2 is 1.61 bits per heavy atom. The van der Waals surface area contributed by atoms with E-state index in [1.165, 1.54) is 0 Å². The number of benzene rings is 2. The number of hydrogen-bond acceptors (Lipinski definition) is 6. The van der Waals surface area contributed by atoms with Gasteiger partial charge in [0.25, 0.3) is 0 Å². The highest BCUT2D eigenvalue weighted by Gasteiger charge is 2.30. The zero-order valence-corrected chi connectivity index (χ0v) is 18.7. The van der Waals surface area contributed by atoms with Crippen LogP contribution in [0, 0.1) is 0 Å². The first-order valence-electron chi connectivity index (χ1n) is 10.3. The van der Waals surface area contributed by atoms with Gasteiger partial charge in [0.05, 0.1) is 19.8 Å². The minimum absolute atomic E-state index is 0.0566. The summed E-state index contributed by atoms with van der Waals surface area (Å²) in [5.41, 5.74) is 8.77. The number of rotatable bonds is 6. The van der Waals surface area contributed by atoms with Crippen molar-refractivity contribution in [3.8, 4) is 0 Å². The molecule has 0 saturated carbocycles. The summed E-state index contributed by atoms with van der Waals surface area (Å²) in [4.78, 5) is 26.9. The fraction of sp³-hybridized carbons (Fsp3) is 0.364. The van der Waals surface area contributed by atoms with Crippen molar-refractivity contribution < 1.29 is 14.3 Å². The predicted octanol–water partition coefficient (Wildman–Crippen LogP) is 2.27. The Kier molecular flexibility index (Phi) is 7.31. The van der Waals surface area contributed by atoms with Gasteiger partial charge in [-0.3, -0.25) is 14.5 Å². The molecule has 31 heavy (non-hydrogen) atoms. The number of amides is 2. The lowest BCUT2D eigenvalue weighted by molar-refractivity contribution is -0.118. The van der Waals surface area contributed by atoms with E-state index >= 15 is 0 Å². The third-order valence-electron chi connectivity index (χ3n) is 5.40. The first kappa shape index (κ1) is 21.9. The van der Waals surface area contributed by atoms with E-state index in [2.05, 4.69) is 42.3 Å². The first-order chi connectivity index (χ1) is 15.1. The van der Waals surface area contributed by atoms with Gasteiger partial charge in [-0.05, 0) is 48.4 Å². The number of ether oxygens (including phenoxy) is 1. The maximum Gasteiger partial charge on any atom is 0.242 e. The summed E-state index contributed by atoms with van der Waals surface area (Å²) in [6.07, 6.45) is 0.656. The average molecular weight is 488 g/mol. The number of hydrogen-bond donors (Lipinski definition) is 4. The quantitative estimate of drug-likeness (QED) is 0.499. The normalized spacial score (nSPS) is 21.6. The standard InChI is InChI=1S/C22H26BrN5O3/c23-16-3-1-15(2-4-16)19-13-20(27-26-19)22(30)25-18-7-5-17(6-8-18)24-21(29)14-28-9-11-31-12-10-28/h1-8,19-20,26-27H,9-14H2,(H,24,29)(H,25,30).